The molecule has 0 saturated carbocycles. The van der Waals surface area contributed by atoms with Crippen molar-refractivity contribution >= 4 is 23.5 Å². The Kier molecular flexibility index (Phi) is 4.20. The van der Waals surface area contributed by atoms with Gasteiger partial charge in [0.05, 0.1) is 6.04 Å². The molecule has 2 rings (SSSR count). The third-order valence-corrected chi connectivity index (χ3v) is 3.00. The quantitative estimate of drug-likeness (QED) is 0.904. The minimum Gasteiger partial charge on any atom is -0.477 e. The van der Waals surface area contributed by atoms with E-state index in [-0.39, 0.29) is 17.7 Å². The summed E-state index contributed by atoms with van der Waals surface area (Å²) in [4.78, 5) is 19.1. The summed E-state index contributed by atoms with van der Waals surface area (Å²) in [5, 5.41) is 12.7. The molecule has 0 aliphatic carbocycles. The van der Waals surface area contributed by atoms with Gasteiger partial charge in [-0.15, -0.1) is 0 Å². The van der Waals surface area contributed by atoms with Gasteiger partial charge in [0.15, 0.2) is 5.69 Å². The van der Waals surface area contributed by atoms with Crippen LogP contribution in [0.2, 0.25) is 5.02 Å². The topological polar surface area (TPSA) is 75.1 Å². The van der Waals surface area contributed by atoms with E-state index in [2.05, 4.69) is 15.3 Å². The molecule has 0 radical (unpaired) electrons. The maximum atomic E-state index is 11.0. The van der Waals surface area contributed by atoms with Crippen LogP contribution < -0.4 is 5.32 Å². The maximum absolute atomic E-state index is 11.0. The van der Waals surface area contributed by atoms with Crippen LogP contribution >= 0.6 is 11.6 Å². The molecule has 1 heterocycles. The van der Waals surface area contributed by atoms with Crippen LogP contribution in [0.25, 0.3) is 0 Å². The summed E-state index contributed by atoms with van der Waals surface area (Å²) >= 11 is 5.95. The number of benzene rings is 1. The average Bonchev–Trinajstić information content (AvgIpc) is 2.37. The van der Waals surface area contributed by atoms with E-state index in [1.165, 1.54) is 6.07 Å². The third-order valence-electron chi connectivity index (χ3n) is 2.77. The number of carboxylic acids is 1. The second kappa shape index (κ2) is 5.88. The molecular formula is C14H14ClN3O2. The van der Waals surface area contributed by atoms with Crippen molar-refractivity contribution in [2.75, 3.05) is 5.32 Å². The van der Waals surface area contributed by atoms with Gasteiger partial charge in [-0.2, -0.15) is 0 Å². The number of hydrogen-bond donors (Lipinski definition) is 2. The molecule has 104 valence electrons. The first kappa shape index (κ1) is 14.3. The molecule has 0 aliphatic heterocycles. The summed E-state index contributed by atoms with van der Waals surface area (Å²) in [6, 6.07) is 8.76. The molecular weight excluding hydrogens is 278 g/mol. The number of anilines is 1. The Labute approximate surface area is 121 Å². The van der Waals surface area contributed by atoms with Crippen LogP contribution in [0.4, 0.5) is 5.95 Å². The Hall–Kier alpha value is -2.14. The Balaban J connectivity index is 2.23. The molecule has 20 heavy (non-hydrogen) atoms. The van der Waals surface area contributed by atoms with E-state index in [9.17, 15) is 4.79 Å². The van der Waals surface area contributed by atoms with Gasteiger partial charge in [0.25, 0.3) is 0 Å². The molecule has 1 aromatic heterocycles. The molecule has 1 unspecified atom stereocenters. The predicted octanol–water partition coefficient (Wildman–Crippen LogP) is 3.31. The Bertz CT molecular complexity index is 646. The van der Waals surface area contributed by atoms with Crippen LogP contribution in [0.3, 0.4) is 0 Å². The van der Waals surface area contributed by atoms with E-state index in [4.69, 9.17) is 16.7 Å². The zero-order chi connectivity index (χ0) is 14.7. The fourth-order valence-corrected chi connectivity index (χ4v) is 1.99. The molecule has 0 amide bonds. The molecule has 5 nitrogen and oxygen atoms in total. The number of rotatable bonds is 4. The normalized spacial score (nSPS) is 11.9. The first-order valence-corrected chi connectivity index (χ1v) is 6.44. The lowest BCUT2D eigenvalue weighted by Gasteiger charge is -2.15. The summed E-state index contributed by atoms with van der Waals surface area (Å²) in [6.45, 7) is 3.65. The zero-order valence-corrected chi connectivity index (χ0v) is 11.8. The predicted molar refractivity (Wildman–Crippen MR) is 77.2 cm³/mol. The van der Waals surface area contributed by atoms with Crippen LogP contribution in [0.15, 0.2) is 30.3 Å². The minimum absolute atomic E-state index is 0.0294. The summed E-state index contributed by atoms with van der Waals surface area (Å²) in [7, 11) is 0. The second-order valence-corrected chi connectivity index (χ2v) is 4.88. The summed E-state index contributed by atoms with van der Waals surface area (Å²) in [5.74, 6) is -0.788. The number of halogens is 1. The van der Waals surface area contributed by atoms with Gasteiger partial charge in [-0.3, -0.25) is 0 Å². The summed E-state index contributed by atoms with van der Waals surface area (Å²) in [5.41, 5.74) is 1.54. The third kappa shape index (κ3) is 3.45. The summed E-state index contributed by atoms with van der Waals surface area (Å²) in [6.07, 6.45) is 0. The van der Waals surface area contributed by atoms with E-state index >= 15 is 0 Å². The van der Waals surface area contributed by atoms with Crippen molar-refractivity contribution in [3.63, 3.8) is 0 Å². The van der Waals surface area contributed by atoms with Crippen molar-refractivity contribution in [2.45, 2.75) is 19.9 Å². The number of carboxylic acid groups (broad SMARTS) is 1. The van der Waals surface area contributed by atoms with Gasteiger partial charge in [-0.25, -0.2) is 14.8 Å². The molecule has 0 fully saturated rings. The molecule has 0 saturated heterocycles. The fourth-order valence-electron chi connectivity index (χ4n) is 1.80. The second-order valence-electron chi connectivity index (χ2n) is 4.44. The van der Waals surface area contributed by atoms with Crippen molar-refractivity contribution in [1.29, 1.82) is 0 Å². The molecule has 2 N–H and O–H groups in total. The largest absolute Gasteiger partial charge is 0.477 e. The Morgan fingerprint density at radius 3 is 2.75 bits per heavy atom. The average molecular weight is 292 g/mol. The van der Waals surface area contributed by atoms with Gasteiger partial charge in [0.2, 0.25) is 5.95 Å². The molecule has 0 spiro atoms. The van der Waals surface area contributed by atoms with Crippen LogP contribution in [0.5, 0.6) is 0 Å². The molecule has 2 aromatic rings. The first-order chi connectivity index (χ1) is 9.45. The van der Waals surface area contributed by atoms with Crippen molar-refractivity contribution in [3.8, 4) is 0 Å². The number of nitrogens with zero attached hydrogens (tertiary/aromatic N) is 2. The SMILES string of the molecule is Cc1cc(C(=O)O)nc(NC(C)c2cccc(Cl)c2)n1. The van der Waals surface area contributed by atoms with E-state index in [1.807, 2.05) is 25.1 Å². The highest BCUT2D eigenvalue weighted by Gasteiger charge is 2.11. The number of nitrogens with one attached hydrogen (secondary N) is 1. The van der Waals surface area contributed by atoms with Crippen molar-refractivity contribution in [1.82, 2.24) is 9.97 Å². The number of hydrogen-bond acceptors (Lipinski definition) is 4. The molecule has 1 aromatic carbocycles. The van der Waals surface area contributed by atoms with Gasteiger partial charge in [0.1, 0.15) is 0 Å². The van der Waals surface area contributed by atoms with Gasteiger partial charge < -0.3 is 10.4 Å². The van der Waals surface area contributed by atoms with Crippen molar-refractivity contribution in [2.24, 2.45) is 0 Å². The van der Waals surface area contributed by atoms with E-state index in [1.54, 1.807) is 13.0 Å². The lowest BCUT2D eigenvalue weighted by atomic mass is 10.1. The smallest absolute Gasteiger partial charge is 0.354 e. The number of aromatic nitrogens is 2. The number of carbonyl (C=O) groups is 1. The van der Waals surface area contributed by atoms with E-state index in [0.29, 0.717) is 10.7 Å². The van der Waals surface area contributed by atoms with E-state index < -0.39 is 5.97 Å². The standard InChI is InChI=1S/C14H14ClN3O2/c1-8-6-12(13(19)20)18-14(16-8)17-9(2)10-4-3-5-11(15)7-10/h3-7,9H,1-2H3,(H,19,20)(H,16,17,18). The molecule has 6 heteroatoms. The van der Waals surface area contributed by atoms with Crippen molar-refractivity contribution < 1.29 is 9.90 Å². The van der Waals surface area contributed by atoms with Crippen LogP contribution in [0.1, 0.15) is 34.7 Å². The van der Waals surface area contributed by atoms with Crippen LogP contribution in [0, 0.1) is 6.92 Å². The van der Waals surface area contributed by atoms with Gasteiger partial charge in [-0.1, -0.05) is 23.7 Å². The lowest BCUT2D eigenvalue weighted by Crippen LogP contribution is -2.12. The summed E-state index contributed by atoms with van der Waals surface area (Å²) < 4.78 is 0. The number of aryl methyl sites for hydroxylation is 1. The Morgan fingerprint density at radius 1 is 1.35 bits per heavy atom. The zero-order valence-electron chi connectivity index (χ0n) is 11.1. The van der Waals surface area contributed by atoms with E-state index in [0.717, 1.165) is 5.56 Å². The Morgan fingerprint density at radius 2 is 2.10 bits per heavy atom. The highest BCUT2D eigenvalue weighted by atomic mass is 35.5. The number of aromatic carboxylic acids is 1. The minimum atomic E-state index is -1.08. The van der Waals surface area contributed by atoms with Gasteiger partial charge in [-0.05, 0) is 37.6 Å². The van der Waals surface area contributed by atoms with Crippen LogP contribution in [-0.4, -0.2) is 21.0 Å². The highest BCUT2D eigenvalue weighted by Crippen LogP contribution is 2.20. The van der Waals surface area contributed by atoms with Crippen molar-refractivity contribution in [3.05, 3.63) is 52.3 Å². The maximum Gasteiger partial charge on any atom is 0.354 e. The molecule has 0 bridgehead atoms. The highest BCUT2D eigenvalue weighted by molar-refractivity contribution is 6.30. The monoisotopic (exact) mass is 291 g/mol. The first-order valence-electron chi connectivity index (χ1n) is 6.06. The molecule has 1 atom stereocenters. The fraction of sp³-hybridized carbons (Fsp3) is 0.214. The van der Waals surface area contributed by atoms with Gasteiger partial charge >= 0.3 is 5.97 Å². The van der Waals surface area contributed by atoms with Crippen LogP contribution in [-0.2, 0) is 0 Å². The molecule has 0 aliphatic rings. The lowest BCUT2D eigenvalue weighted by molar-refractivity contribution is 0.0690. The van der Waals surface area contributed by atoms with Gasteiger partial charge in [0, 0.05) is 10.7 Å².